The molecule has 7 heteroatoms. The molecule has 2 aromatic carbocycles. The van der Waals surface area contributed by atoms with Crippen molar-refractivity contribution in [1.82, 2.24) is 9.78 Å². The largest absolute Gasteiger partial charge is 0.287 e. The number of rotatable bonds is 3. The average molecular weight is 338 g/mol. The number of nitrogens with zero attached hydrogens (tertiary/aromatic N) is 2. The first kappa shape index (κ1) is 15.2. The van der Waals surface area contributed by atoms with Crippen molar-refractivity contribution < 1.29 is 18.6 Å². The predicted octanol–water partition coefficient (Wildman–Crippen LogP) is 1.89. The number of hydrogen-bond acceptors (Lipinski definition) is 3. The fraction of sp³-hybridized carbons (Fsp3) is 0.111. The molecule has 1 aliphatic carbocycles. The van der Waals surface area contributed by atoms with Gasteiger partial charge in [0.15, 0.2) is 11.4 Å². The Morgan fingerprint density at radius 1 is 0.960 bits per heavy atom. The molecule has 124 valence electrons. The second-order valence-corrected chi connectivity index (χ2v) is 5.81. The van der Waals surface area contributed by atoms with Crippen LogP contribution in [-0.2, 0) is 13.0 Å². The molecule has 25 heavy (non-hydrogen) atoms. The summed E-state index contributed by atoms with van der Waals surface area (Å²) >= 11 is 0. The van der Waals surface area contributed by atoms with Crippen molar-refractivity contribution in [2.24, 2.45) is 0 Å². The highest BCUT2D eigenvalue weighted by molar-refractivity contribution is 6.26. The van der Waals surface area contributed by atoms with E-state index in [0.717, 1.165) is 5.56 Å². The highest BCUT2D eigenvalue weighted by Gasteiger charge is 2.38. The van der Waals surface area contributed by atoms with Crippen molar-refractivity contribution in [2.45, 2.75) is 13.0 Å². The molecule has 3 aromatic rings. The number of ketones is 2. The van der Waals surface area contributed by atoms with Crippen LogP contribution < -0.4 is 4.66 Å². The number of carbonyl (C=O) groups excluding carboxylic acids is 2. The molecular formula is C18H13FN3O3+. The Kier molecular flexibility index (Phi) is 3.42. The molecule has 0 saturated heterocycles. The Hall–Kier alpha value is -3.35. The molecule has 1 aromatic heterocycles. The molecule has 4 rings (SSSR count). The number of aromatic amines is 1. The Balaban J connectivity index is 1.73. The number of nitrogens with one attached hydrogen (secondary N) is 1. The Morgan fingerprint density at radius 3 is 2.28 bits per heavy atom. The maximum atomic E-state index is 13.0. The van der Waals surface area contributed by atoms with Crippen LogP contribution in [0.3, 0.4) is 0 Å². The summed E-state index contributed by atoms with van der Waals surface area (Å²) in [5.74, 6) is -1.09. The van der Waals surface area contributed by atoms with Crippen LogP contribution in [0, 0.1) is 10.7 Å². The van der Waals surface area contributed by atoms with Crippen LogP contribution in [0.4, 0.5) is 4.39 Å². The van der Waals surface area contributed by atoms with Crippen molar-refractivity contribution in [2.75, 3.05) is 0 Å². The summed E-state index contributed by atoms with van der Waals surface area (Å²) in [4.78, 5) is 37.5. The van der Waals surface area contributed by atoms with E-state index in [9.17, 15) is 18.9 Å². The van der Waals surface area contributed by atoms with Gasteiger partial charge in [-0.3, -0.25) is 9.59 Å². The van der Waals surface area contributed by atoms with E-state index < -0.39 is 0 Å². The zero-order valence-corrected chi connectivity index (χ0v) is 13.0. The second-order valence-electron chi connectivity index (χ2n) is 5.81. The molecule has 0 atom stereocenters. The fourth-order valence-corrected chi connectivity index (χ4v) is 3.05. The SMILES string of the molecule is O=C1c2ccccc2C(=O)c2c1[nH][n+](=O)n2CCc1ccc(F)cc1. The number of benzene rings is 2. The molecule has 1 aliphatic rings. The van der Waals surface area contributed by atoms with Gasteiger partial charge in [0.2, 0.25) is 11.6 Å². The van der Waals surface area contributed by atoms with E-state index >= 15 is 0 Å². The van der Waals surface area contributed by atoms with Crippen LogP contribution >= 0.6 is 0 Å². The van der Waals surface area contributed by atoms with Gasteiger partial charge >= 0.3 is 0 Å². The Morgan fingerprint density at radius 2 is 1.60 bits per heavy atom. The van der Waals surface area contributed by atoms with Crippen molar-refractivity contribution in [3.63, 3.8) is 0 Å². The lowest BCUT2D eigenvalue weighted by atomic mass is 9.90. The molecule has 0 aliphatic heterocycles. The maximum absolute atomic E-state index is 13.0. The van der Waals surface area contributed by atoms with Gasteiger partial charge in [0.1, 0.15) is 5.82 Å². The molecule has 6 nitrogen and oxygen atoms in total. The summed E-state index contributed by atoms with van der Waals surface area (Å²) in [6.07, 6.45) is 0.417. The Labute approximate surface area is 141 Å². The molecule has 0 saturated carbocycles. The van der Waals surface area contributed by atoms with E-state index in [0.29, 0.717) is 11.1 Å². The molecule has 0 spiro atoms. The van der Waals surface area contributed by atoms with Gasteiger partial charge in [-0.1, -0.05) is 46.2 Å². The van der Waals surface area contributed by atoms with E-state index in [2.05, 4.69) is 5.10 Å². The minimum absolute atomic E-state index is 0.00203. The molecule has 0 fully saturated rings. The van der Waals surface area contributed by atoms with E-state index in [1.165, 1.54) is 16.8 Å². The first-order chi connectivity index (χ1) is 12.1. The van der Waals surface area contributed by atoms with Crippen LogP contribution in [-0.4, -0.2) is 21.3 Å². The van der Waals surface area contributed by atoms with Gasteiger partial charge in [-0.2, -0.15) is 0 Å². The van der Waals surface area contributed by atoms with E-state index in [1.54, 1.807) is 36.4 Å². The maximum Gasteiger partial charge on any atom is 0.258 e. The van der Waals surface area contributed by atoms with E-state index in [-0.39, 0.29) is 46.4 Å². The summed E-state index contributed by atoms with van der Waals surface area (Å²) in [6.45, 7) is 0.183. The third-order valence-corrected chi connectivity index (χ3v) is 4.31. The number of halogens is 1. The van der Waals surface area contributed by atoms with Crippen molar-refractivity contribution in [1.29, 1.82) is 0 Å². The van der Waals surface area contributed by atoms with Gasteiger partial charge in [-0.25, -0.2) is 4.39 Å². The molecule has 0 amide bonds. The zero-order valence-electron chi connectivity index (χ0n) is 13.0. The summed E-state index contributed by atoms with van der Waals surface area (Å²) in [7, 11) is 0. The van der Waals surface area contributed by atoms with Gasteiger partial charge in [-0.15, -0.1) is 0 Å². The van der Waals surface area contributed by atoms with Crippen molar-refractivity contribution in [3.8, 4) is 0 Å². The lowest BCUT2D eigenvalue weighted by Gasteiger charge is -2.11. The quantitative estimate of drug-likeness (QED) is 0.580. The molecule has 0 bridgehead atoms. The first-order valence-corrected chi connectivity index (χ1v) is 7.75. The summed E-state index contributed by atoms with van der Waals surface area (Å²) in [5, 5.41) is 2.43. The fourth-order valence-electron chi connectivity index (χ4n) is 3.05. The first-order valence-electron chi connectivity index (χ1n) is 7.75. The van der Waals surface area contributed by atoms with Crippen molar-refractivity contribution in [3.05, 3.63) is 87.3 Å². The zero-order chi connectivity index (χ0) is 17.6. The van der Waals surface area contributed by atoms with Crippen LogP contribution in [0.25, 0.3) is 0 Å². The third-order valence-electron chi connectivity index (χ3n) is 4.31. The highest BCUT2D eigenvalue weighted by Crippen LogP contribution is 2.25. The number of fused-ring (bicyclic) bond motifs is 2. The van der Waals surface area contributed by atoms with Gasteiger partial charge in [0.05, 0.1) is 11.5 Å². The number of H-pyrrole nitrogens is 1. The number of aryl methyl sites for hydroxylation is 1. The minimum Gasteiger partial charge on any atom is -0.287 e. The molecule has 1 N–H and O–H groups in total. The number of hydrogen-bond donors (Lipinski definition) is 1. The van der Waals surface area contributed by atoms with Crippen LogP contribution in [0.15, 0.2) is 48.5 Å². The van der Waals surface area contributed by atoms with Crippen LogP contribution in [0.5, 0.6) is 0 Å². The predicted molar refractivity (Wildman–Crippen MR) is 85.6 cm³/mol. The smallest absolute Gasteiger partial charge is 0.258 e. The summed E-state index contributed by atoms with van der Waals surface area (Å²) in [5.41, 5.74) is 1.44. The number of carbonyl (C=O) groups is 2. The van der Waals surface area contributed by atoms with E-state index in [4.69, 9.17) is 0 Å². The third kappa shape index (κ3) is 2.40. The lowest BCUT2D eigenvalue weighted by Crippen LogP contribution is -2.32. The minimum atomic E-state index is -0.379. The molecule has 0 radical (unpaired) electrons. The van der Waals surface area contributed by atoms with Gasteiger partial charge < -0.3 is 0 Å². The summed E-state index contributed by atoms with van der Waals surface area (Å²) in [6, 6.07) is 12.4. The molecule has 1 heterocycles. The van der Waals surface area contributed by atoms with Crippen LogP contribution in [0.2, 0.25) is 0 Å². The van der Waals surface area contributed by atoms with Gasteiger partial charge in [-0.05, 0) is 24.1 Å². The molecular weight excluding hydrogens is 325 g/mol. The highest BCUT2D eigenvalue weighted by atomic mass is 19.1. The number of aromatic nitrogens is 3. The van der Waals surface area contributed by atoms with Crippen LogP contribution in [0.1, 0.15) is 37.7 Å². The second kappa shape index (κ2) is 5.62. The van der Waals surface area contributed by atoms with E-state index in [1.807, 2.05) is 0 Å². The molecule has 0 unspecified atom stereocenters. The monoisotopic (exact) mass is 338 g/mol. The standard InChI is InChI=1S/C18H12FN3O3/c19-12-7-5-11(6-8-12)9-10-21-16-15(20-22(21)25)17(23)13-3-1-2-4-14(13)18(16)24/h1-8H,9-10H2/p+1. The Bertz CT molecular complexity index is 1060. The normalized spacial score (nSPS) is 12.8. The lowest BCUT2D eigenvalue weighted by molar-refractivity contribution is -0.652. The topological polar surface area (TPSA) is 77.8 Å². The summed E-state index contributed by atoms with van der Waals surface area (Å²) < 4.78 is 14.6. The van der Waals surface area contributed by atoms with Crippen molar-refractivity contribution >= 4 is 11.6 Å². The van der Waals surface area contributed by atoms with Gasteiger partial charge in [0.25, 0.3) is 4.66 Å². The van der Waals surface area contributed by atoms with Gasteiger partial charge in [0, 0.05) is 11.1 Å². The average Bonchev–Trinajstić information content (AvgIpc) is 2.96.